The van der Waals surface area contributed by atoms with Gasteiger partial charge in [-0.15, -0.1) is 0 Å². The van der Waals surface area contributed by atoms with E-state index in [1.807, 2.05) is 6.07 Å². The van der Waals surface area contributed by atoms with E-state index >= 15 is 0 Å². The van der Waals surface area contributed by atoms with Crippen LogP contribution in [0.5, 0.6) is 0 Å². The Kier molecular flexibility index (Phi) is 4.51. The molecule has 0 N–H and O–H groups in total. The second-order valence-corrected chi connectivity index (χ2v) is 4.90. The Balaban J connectivity index is 2.21. The molecule has 2 rings (SSSR count). The summed E-state index contributed by atoms with van der Waals surface area (Å²) in [6.07, 6.45) is 0.968. The Hall–Kier alpha value is -1.89. The summed E-state index contributed by atoms with van der Waals surface area (Å²) >= 11 is 0. The van der Waals surface area contributed by atoms with Crippen molar-refractivity contribution in [1.29, 1.82) is 0 Å². The molecule has 0 atom stereocenters. The van der Waals surface area contributed by atoms with E-state index in [9.17, 15) is 0 Å². The number of rotatable bonds is 4. The van der Waals surface area contributed by atoms with E-state index in [1.54, 1.807) is 0 Å². The third kappa shape index (κ3) is 3.54. The lowest BCUT2D eigenvalue weighted by Gasteiger charge is -2.07. The number of nitrogens with zero attached hydrogens (tertiary/aromatic N) is 1. The summed E-state index contributed by atoms with van der Waals surface area (Å²) < 4.78 is 0. The van der Waals surface area contributed by atoms with Crippen molar-refractivity contribution in [3.05, 3.63) is 70.8 Å². The van der Waals surface area contributed by atoms with Gasteiger partial charge in [0.05, 0.1) is 6.54 Å². The minimum Gasteiger partial charge on any atom is -0.284 e. The van der Waals surface area contributed by atoms with Gasteiger partial charge in [0, 0.05) is 5.71 Å². The van der Waals surface area contributed by atoms with Gasteiger partial charge in [-0.1, -0.05) is 49.4 Å². The number of aliphatic imine (C=N–C) groups is 1. The molecule has 19 heavy (non-hydrogen) atoms. The molecule has 1 nitrogen and oxygen atoms in total. The lowest BCUT2D eigenvalue weighted by atomic mass is 10.0. The van der Waals surface area contributed by atoms with E-state index in [-0.39, 0.29) is 0 Å². The highest BCUT2D eigenvalue weighted by atomic mass is 14.7. The summed E-state index contributed by atoms with van der Waals surface area (Å²) in [5.74, 6) is 0. The molecule has 0 bridgehead atoms. The van der Waals surface area contributed by atoms with Crippen molar-refractivity contribution in [2.45, 2.75) is 33.7 Å². The highest BCUT2D eigenvalue weighted by molar-refractivity contribution is 6.00. The normalized spacial score (nSPS) is 11.6. The Morgan fingerprint density at radius 2 is 1.68 bits per heavy atom. The molecular formula is C18H21N. The Morgan fingerprint density at radius 3 is 2.32 bits per heavy atom. The summed E-state index contributed by atoms with van der Waals surface area (Å²) in [5, 5.41) is 0. The molecule has 0 radical (unpaired) electrons. The molecule has 2 aromatic rings. The van der Waals surface area contributed by atoms with E-state index in [2.05, 4.69) is 63.2 Å². The zero-order chi connectivity index (χ0) is 13.7. The molecule has 0 aliphatic heterocycles. The largest absolute Gasteiger partial charge is 0.284 e. The van der Waals surface area contributed by atoms with Crippen LogP contribution in [0.3, 0.4) is 0 Å². The van der Waals surface area contributed by atoms with Gasteiger partial charge in [0.1, 0.15) is 0 Å². The second kappa shape index (κ2) is 6.33. The molecule has 2 aromatic carbocycles. The predicted molar refractivity (Wildman–Crippen MR) is 82.9 cm³/mol. The molecule has 0 heterocycles. The molecule has 0 saturated heterocycles. The van der Waals surface area contributed by atoms with Gasteiger partial charge in [-0.2, -0.15) is 0 Å². The Labute approximate surface area is 116 Å². The van der Waals surface area contributed by atoms with Crippen molar-refractivity contribution in [3.8, 4) is 0 Å². The van der Waals surface area contributed by atoms with Gasteiger partial charge < -0.3 is 0 Å². The standard InChI is InChI=1S/C18H21N/c1-4-18(17-11-10-14(2)15(3)12-17)19-13-16-8-6-5-7-9-16/h5-12H,4,13H2,1-3H3. The van der Waals surface area contributed by atoms with E-state index in [0.29, 0.717) is 0 Å². The highest BCUT2D eigenvalue weighted by Crippen LogP contribution is 2.13. The minimum atomic E-state index is 0.761. The number of benzene rings is 2. The van der Waals surface area contributed by atoms with Gasteiger partial charge in [0.25, 0.3) is 0 Å². The van der Waals surface area contributed by atoms with Crippen molar-refractivity contribution in [2.75, 3.05) is 0 Å². The van der Waals surface area contributed by atoms with Crippen LogP contribution >= 0.6 is 0 Å². The van der Waals surface area contributed by atoms with Crippen molar-refractivity contribution in [1.82, 2.24) is 0 Å². The molecule has 0 spiro atoms. The maximum Gasteiger partial charge on any atom is 0.0643 e. The first-order valence-corrected chi connectivity index (χ1v) is 6.85. The van der Waals surface area contributed by atoms with Crippen LogP contribution < -0.4 is 0 Å². The Bertz CT molecular complexity index is 567. The van der Waals surface area contributed by atoms with Gasteiger partial charge in [-0.25, -0.2) is 0 Å². The molecule has 0 aliphatic rings. The van der Waals surface area contributed by atoms with Crippen LogP contribution in [-0.4, -0.2) is 5.71 Å². The third-order valence-corrected chi connectivity index (χ3v) is 3.47. The molecule has 0 fully saturated rings. The fourth-order valence-corrected chi connectivity index (χ4v) is 2.10. The average Bonchev–Trinajstić information content (AvgIpc) is 2.44. The third-order valence-electron chi connectivity index (χ3n) is 3.47. The van der Waals surface area contributed by atoms with Gasteiger partial charge >= 0.3 is 0 Å². The number of hydrogen-bond donors (Lipinski definition) is 0. The number of hydrogen-bond acceptors (Lipinski definition) is 1. The first-order chi connectivity index (χ1) is 9.20. The van der Waals surface area contributed by atoms with Crippen molar-refractivity contribution in [2.24, 2.45) is 4.99 Å². The minimum absolute atomic E-state index is 0.761. The molecule has 0 aliphatic carbocycles. The molecular weight excluding hydrogens is 230 g/mol. The summed E-state index contributed by atoms with van der Waals surface area (Å²) in [4.78, 5) is 4.77. The van der Waals surface area contributed by atoms with Crippen LogP contribution in [0.25, 0.3) is 0 Å². The predicted octanol–water partition coefficient (Wildman–Crippen LogP) is 4.70. The van der Waals surface area contributed by atoms with Crippen LogP contribution in [0.15, 0.2) is 53.5 Å². The molecule has 0 amide bonds. The second-order valence-electron chi connectivity index (χ2n) is 4.90. The number of aryl methyl sites for hydroxylation is 2. The van der Waals surface area contributed by atoms with E-state index in [0.717, 1.165) is 13.0 Å². The summed E-state index contributed by atoms with van der Waals surface area (Å²) in [5.41, 5.74) is 6.37. The van der Waals surface area contributed by atoms with Crippen molar-refractivity contribution < 1.29 is 0 Å². The van der Waals surface area contributed by atoms with Crippen LogP contribution in [0.2, 0.25) is 0 Å². The first-order valence-electron chi connectivity index (χ1n) is 6.85. The van der Waals surface area contributed by atoms with Crippen LogP contribution in [0.4, 0.5) is 0 Å². The maximum atomic E-state index is 4.77. The lowest BCUT2D eigenvalue weighted by Crippen LogP contribution is -2.01. The van der Waals surface area contributed by atoms with Crippen molar-refractivity contribution >= 4 is 5.71 Å². The zero-order valence-corrected chi connectivity index (χ0v) is 12.0. The monoisotopic (exact) mass is 251 g/mol. The topological polar surface area (TPSA) is 12.4 Å². The van der Waals surface area contributed by atoms with Gasteiger partial charge in [-0.05, 0) is 48.6 Å². The van der Waals surface area contributed by atoms with E-state index < -0.39 is 0 Å². The summed E-state index contributed by atoms with van der Waals surface area (Å²) in [6.45, 7) is 7.23. The van der Waals surface area contributed by atoms with Crippen LogP contribution in [0.1, 0.15) is 35.6 Å². The average molecular weight is 251 g/mol. The molecule has 0 unspecified atom stereocenters. The Morgan fingerprint density at radius 1 is 0.947 bits per heavy atom. The highest BCUT2D eigenvalue weighted by Gasteiger charge is 2.02. The van der Waals surface area contributed by atoms with E-state index in [4.69, 9.17) is 4.99 Å². The zero-order valence-electron chi connectivity index (χ0n) is 12.0. The molecule has 0 saturated carbocycles. The fraction of sp³-hybridized carbons (Fsp3) is 0.278. The van der Waals surface area contributed by atoms with Crippen molar-refractivity contribution in [3.63, 3.8) is 0 Å². The van der Waals surface area contributed by atoms with E-state index in [1.165, 1.54) is 28.0 Å². The summed E-state index contributed by atoms with van der Waals surface area (Å²) in [6, 6.07) is 17.0. The quantitative estimate of drug-likeness (QED) is 0.698. The fourth-order valence-electron chi connectivity index (χ4n) is 2.10. The molecule has 0 aromatic heterocycles. The molecule has 98 valence electrons. The smallest absolute Gasteiger partial charge is 0.0643 e. The van der Waals surface area contributed by atoms with Gasteiger partial charge in [0.2, 0.25) is 0 Å². The summed E-state index contributed by atoms with van der Waals surface area (Å²) in [7, 11) is 0. The lowest BCUT2D eigenvalue weighted by molar-refractivity contribution is 1.05. The van der Waals surface area contributed by atoms with Gasteiger partial charge in [0.15, 0.2) is 0 Å². The van der Waals surface area contributed by atoms with Crippen LogP contribution in [-0.2, 0) is 6.54 Å². The van der Waals surface area contributed by atoms with Gasteiger partial charge in [-0.3, -0.25) is 4.99 Å². The first kappa shape index (κ1) is 13.5. The maximum absolute atomic E-state index is 4.77. The SMILES string of the molecule is CCC(=NCc1ccccc1)c1ccc(C)c(C)c1. The van der Waals surface area contributed by atoms with Crippen LogP contribution in [0, 0.1) is 13.8 Å². The molecule has 1 heteroatoms.